The maximum Gasteiger partial charge on any atom is 0.259 e. The molecule has 1 aliphatic rings. The number of hydrogen-bond acceptors (Lipinski definition) is 4. The van der Waals surface area contributed by atoms with Crippen LogP contribution in [0, 0.1) is 0 Å². The van der Waals surface area contributed by atoms with E-state index in [2.05, 4.69) is 10.6 Å². The SMILES string of the molecule is CC1(CO)CN(C(=O)c2ccc(NC(=O)c3ccccc3-c3ccccc3)cc2Cl)c2ccccc2CN1. The number of carbonyl (C=O) groups is 2. The summed E-state index contributed by atoms with van der Waals surface area (Å²) in [4.78, 5) is 28.6. The van der Waals surface area contributed by atoms with Gasteiger partial charge in [-0.2, -0.15) is 0 Å². The summed E-state index contributed by atoms with van der Waals surface area (Å²) in [7, 11) is 0. The monoisotopic (exact) mass is 525 g/mol. The second-order valence-corrected chi connectivity index (χ2v) is 10.1. The molecule has 2 amide bonds. The molecule has 4 aromatic carbocycles. The molecule has 1 aliphatic heterocycles. The number of nitrogens with one attached hydrogen (secondary N) is 2. The van der Waals surface area contributed by atoms with E-state index in [4.69, 9.17) is 11.6 Å². The van der Waals surface area contributed by atoms with Crippen molar-refractivity contribution in [3.8, 4) is 11.1 Å². The van der Waals surface area contributed by atoms with E-state index in [0.29, 0.717) is 23.4 Å². The van der Waals surface area contributed by atoms with Gasteiger partial charge in [0.15, 0.2) is 0 Å². The molecule has 4 aromatic rings. The number of para-hydroxylation sites is 1. The highest BCUT2D eigenvalue weighted by atomic mass is 35.5. The van der Waals surface area contributed by atoms with E-state index in [9.17, 15) is 14.7 Å². The Morgan fingerprint density at radius 2 is 1.66 bits per heavy atom. The van der Waals surface area contributed by atoms with Crippen LogP contribution in [0.15, 0.2) is 97.1 Å². The average Bonchev–Trinajstić information content (AvgIpc) is 3.10. The van der Waals surface area contributed by atoms with E-state index >= 15 is 0 Å². The molecule has 0 spiro atoms. The second kappa shape index (κ2) is 10.8. The molecule has 0 aliphatic carbocycles. The maximum atomic E-state index is 13.7. The van der Waals surface area contributed by atoms with Gasteiger partial charge in [0, 0.05) is 30.0 Å². The van der Waals surface area contributed by atoms with Crippen molar-refractivity contribution in [2.45, 2.75) is 19.0 Å². The molecule has 6 nitrogen and oxygen atoms in total. The van der Waals surface area contributed by atoms with E-state index in [1.54, 1.807) is 29.2 Å². The van der Waals surface area contributed by atoms with Crippen LogP contribution < -0.4 is 15.5 Å². The first-order chi connectivity index (χ1) is 18.4. The second-order valence-electron chi connectivity index (χ2n) is 9.65. The van der Waals surface area contributed by atoms with E-state index in [-0.39, 0.29) is 30.0 Å². The fourth-order valence-corrected chi connectivity index (χ4v) is 4.93. The van der Waals surface area contributed by atoms with Crippen LogP contribution in [0.1, 0.15) is 33.2 Å². The number of aliphatic hydroxyl groups is 1. The lowest BCUT2D eigenvalue weighted by Gasteiger charge is -2.32. The Morgan fingerprint density at radius 1 is 0.947 bits per heavy atom. The summed E-state index contributed by atoms with van der Waals surface area (Å²) < 4.78 is 0. The van der Waals surface area contributed by atoms with Crippen molar-refractivity contribution in [1.82, 2.24) is 5.32 Å². The Bertz CT molecular complexity index is 1490. The summed E-state index contributed by atoms with van der Waals surface area (Å²) in [5.41, 5.74) is 4.14. The van der Waals surface area contributed by atoms with Gasteiger partial charge in [-0.15, -0.1) is 0 Å². The van der Waals surface area contributed by atoms with Crippen molar-refractivity contribution < 1.29 is 14.7 Å². The molecular weight excluding hydrogens is 498 g/mol. The van der Waals surface area contributed by atoms with E-state index < -0.39 is 5.54 Å². The minimum absolute atomic E-state index is 0.131. The zero-order valence-corrected chi connectivity index (χ0v) is 21.7. The third kappa shape index (κ3) is 5.20. The summed E-state index contributed by atoms with van der Waals surface area (Å²) in [6, 6.07) is 29.7. The molecule has 38 heavy (non-hydrogen) atoms. The third-order valence-electron chi connectivity index (χ3n) is 6.80. The fraction of sp³-hybridized carbons (Fsp3) is 0.161. The maximum absolute atomic E-state index is 13.7. The number of amides is 2. The van der Waals surface area contributed by atoms with Crippen LogP contribution in [0.2, 0.25) is 5.02 Å². The van der Waals surface area contributed by atoms with Crippen LogP contribution in [0.25, 0.3) is 11.1 Å². The van der Waals surface area contributed by atoms with Crippen LogP contribution in [0.3, 0.4) is 0 Å². The Labute approximate surface area is 226 Å². The summed E-state index contributed by atoms with van der Waals surface area (Å²) in [6.45, 7) is 2.55. The van der Waals surface area contributed by atoms with Gasteiger partial charge in [0.25, 0.3) is 11.8 Å². The first-order valence-corrected chi connectivity index (χ1v) is 12.8. The molecule has 0 saturated heterocycles. The lowest BCUT2D eigenvalue weighted by molar-refractivity contribution is 0.0969. The number of fused-ring (bicyclic) bond motifs is 1. The average molecular weight is 526 g/mol. The standard InChI is InChI=1S/C31H28ClN3O3/c1-31(20-36)19-35(28-14-8-5-11-22(28)18-33-31)30(38)26-16-15-23(17-27(26)32)34-29(37)25-13-7-6-12-24(25)21-9-3-2-4-10-21/h2-17,33,36H,18-20H2,1H3,(H,34,37). The molecule has 1 unspecified atom stereocenters. The van der Waals surface area contributed by atoms with E-state index in [1.807, 2.05) is 79.7 Å². The van der Waals surface area contributed by atoms with Crippen molar-refractivity contribution in [2.75, 3.05) is 23.4 Å². The highest BCUT2D eigenvalue weighted by molar-refractivity contribution is 6.35. The molecule has 0 radical (unpaired) electrons. The number of benzene rings is 4. The molecule has 7 heteroatoms. The molecule has 0 aromatic heterocycles. The van der Waals surface area contributed by atoms with Gasteiger partial charge in [-0.3, -0.25) is 9.59 Å². The molecule has 5 rings (SSSR count). The lowest BCUT2D eigenvalue weighted by atomic mass is 9.99. The summed E-state index contributed by atoms with van der Waals surface area (Å²) in [5, 5.41) is 16.5. The minimum atomic E-state index is -0.679. The number of aliphatic hydroxyl groups excluding tert-OH is 1. The largest absolute Gasteiger partial charge is 0.394 e. The zero-order chi connectivity index (χ0) is 26.7. The number of halogens is 1. The number of nitrogens with zero attached hydrogens (tertiary/aromatic N) is 1. The van der Waals surface area contributed by atoms with E-state index in [1.165, 1.54) is 0 Å². The highest BCUT2D eigenvalue weighted by Gasteiger charge is 2.34. The molecular formula is C31H28ClN3O3. The first-order valence-electron chi connectivity index (χ1n) is 12.4. The first kappa shape index (κ1) is 25.7. The zero-order valence-electron chi connectivity index (χ0n) is 20.9. The van der Waals surface area contributed by atoms with Gasteiger partial charge in [0.1, 0.15) is 0 Å². The van der Waals surface area contributed by atoms with Gasteiger partial charge in [-0.25, -0.2) is 0 Å². The van der Waals surface area contributed by atoms with Crippen molar-refractivity contribution in [3.63, 3.8) is 0 Å². The summed E-state index contributed by atoms with van der Waals surface area (Å²) in [6.07, 6.45) is 0. The van der Waals surface area contributed by atoms with Gasteiger partial charge >= 0.3 is 0 Å². The van der Waals surface area contributed by atoms with Gasteiger partial charge in [-0.05, 0) is 53.9 Å². The smallest absolute Gasteiger partial charge is 0.259 e. The number of hydrogen-bond donors (Lipinski definition) is 3. The Balaban J connectivity index is 1.41. The Kier molecular flexibility index (Phi) is 7.29. The normalized spacial score (nSPS) is 16.9. The van der Waals surface area contributed by atoms with Crippen LogP contribution in [0.5, 0.6) is 0 Å². The molecule has 1 atom stereocenters. The van der Waals surface area contributed by atoms with Gasteiger partial charge in [-0.1, -0.05) is 78.3 Å². The van der Waals surface area contributed by atoms with E-state index in [0.717, 1.165) is 22.4 Å². The highest BCUT2D eigenvalue weighted by Crippen LogP contribution is 2.31. The van der Waals surface area contributed by atoms with Crippen molar-refractivity contribution in [1.29, 1.82) is 0 Å². The Hall–Kier alpha value is -3.97. The predicted molar refractivity (Wildman–Crippen MR) is 152 cm³/mol. The lowest BCUT2D eigenvalue weighted by Crippen LogP contribution is -2.53. The van der Waals surface area contributed by atoms with Crippen LogP contribution in [0.4, 0.5) is 11.4 Å². The summed E-state index contributed by atoms with van der Waals surface area (Å²) in [5.74, 6) is -0.552. The topological polar surface area (TPSA) is 81.7 Å². The van der Waals surface area contributed by atoms with Gasteiger partial charge in [0.05, 0.1) is 22.7 Å². The van der Waals surface area contributed by atoms with Crippen molar-refractivity contribution in [3.05, 3.63) is 119 Å². The molecule has 192 valence electrons. The van der Waals surface area contributed by atoms with Crippen molar-refractivity contribution >= 4 is 34.8 Å². The van der Waals surface area contributed by atoms with Gasteiger partial charge < -0.3 is 20.6 Å². The number of anilines is 2. The van der Waals surface area contributed by atoms with Crippen molar-refractivity contribution in [2.24, 2.45) is 0 Å². The van der Waals surface area contributed by atoms with Gasteiger partial charge in [0.2, 0.25) is 0 Å². The Morgan fingerprint density at radius 3 is 2.42 bits per heavy atom. The quantitative estimate of drug-likeness (QED) is 0.309. The number of carbonyl (C=O) groups excluding carboxylic acids is 2. The minimum Gasteiger partial charge on any atom is -0.394 e. The molecule has 0 bridgehead atoms. The molecule has 0 fully saturated rings. The molecule has 3 N–H and O–H groups in total. The molecule has 0 saturated carbocycles. The summed E-state index contributed by atoms with van der Waals surface area (Å²) >= 11 is 6.61. The van der Waals surface area contributed by atoms with Crippen LogP contribution >= 0.6 is 11.6 Å². The van der Waals surface area contributed by atoms with Crippen LogP contribution in [-0.4, -0.2) is 35.6 Å². The molecule has 1 heterocycles. The fourth-order valence-electron chi connectivity index (χ4n) is 4.67. The van der Waals surface area contributed by atoms with Crippen LogP contribution in [-0.2, 0) is 6.54 Å². The third-order valence-corrected chi connectivity index (χ3v) is 7.12. The number of rotatable bonds is 5. The predicted octanol–water partition coefficient (Wildman–Crippen LogP) is 5.76.